The summed E-state index contributed by atoms with van der Waals surface area (Å²) in [5.74, 6) is 1.51. The smallest absolute Gasteiger partial charge is 0.187 e. The van der Waals surface area contributed by atoms with Crippen molar-refractivity contribution in [3.63, 3.8) is 0 Å². The first-order valence-corrected chi connectivity index (χ1v) is 10.1. The van der Waals surface area contributed by atoms with Crippen molar-refractivity contribution in [2.75, 3.05) is 24.4 Å². The molecule has 25 heavy (non-hydrogen) atoms. The van der Waals surface area contributed by atoms with E-state index in [4.69, 9.17) is 14.7 Å². The summed E-state index contributed by atoms with van der Waals surface area (Å²) in [5.41, 5.74) is 2.18. The van der Waals surface area contributed by atoms with Crippen LogP contribution >= 0.6 is 11.8 Å². The molecular formula is C18H24N4O2S. The minimum absolute atomic E-state index is 0. The van der Waals surface area contributed by atoms with Gasteiger partial charge in [-0.3, -0.25) is 0 Å². The second-order valence-corrected chi connectivity index (χ2v) is 7.87. The van der Waals surface area contributed by atoms with Gasteiger partial charge in [0.25, 0.3) is 0 Å². The summed E-state index contributed by atoms with van der Waals surface area (Å²) in [7, 11) is 0. The number of nitrogens with zero attached hydrogens (tertiary/aromatic N) is 4. The van der Waals surface area contributed by atoms with Crippen LogP contribution in [0.4, 0.5) is 5.82 Å². The molecule has 1 atom stereocenters. The Morgan fingerprint density at radius 3 is 2.52 bits per heavy atom. The fourth-order valence-corrected chi connectivity index (χ4v) is 4.88. The Bertz CT molecular complexity index is 761. The number of anilines is 1. The Balaban J connectivity index is 0.00000157. The molecule has 3 saturated heterocycles. The number of fused-ring (bicyclic) bond motifs is 3. The van der Waals surface area contributed by atoms with Crippen molar-refractivity contribution in [1.82, 2.24) is 15.0 Å². The van der Waals surface area contributed by atoms with E-state index in [0.717, 1.165) is 47.2 Å². The van der Waals surface area contributed by atoms with Gasteiger partial charge in [0, 0.05) is 41.9 Å². The summed E-state index contributed by atoms with van der Waals surface area (Å²) in [4.78, 5) is 17.0. The van der Waals surface area contributed by atoms with Gasteiger partial charge in [-0.2, -0.15) is 0 Å². The fraction of sp³-hybridized carbons (Fsp3) is 0.611. The van der Waals surface area contributed by atoms with Crippen LogP contribution in [0.25, 0.3) is 10.9 Å². The Morgan fingerprint density at radius 1 is 1.12 bits per heavy atom. The van der Waals surface area contributed by atoms with Gasteiger partial charge < -0.3 is 15.1 Å². The third-order valence-corrected chi connectivity index (χ3v) is 6.34. The maximum atomic E-state index is 5.59. The fourth-order valence-electron chi connectivity index (χ4n) is 4.54. The van der Waals surface area contributed by atoms with E-state index in [-0.39, 0.29) is 5.48 Å². The summed E-state index contributed by atoms with van der Waals surface area (Å²) < 4.78 is 5.59. The van der Waals surface area contributed by atoms with E-state index in [1.165, 1.54) is 25.7 Å². The molecule has 0 saturated carbocycles. The zero-order chi connectivity index (χ0) is 16.1. The highest BCUT2D eigenvalue weighted by Gasteiger charge is 2.41. The molecule has 2 aromatic heterocycles. The van der Waals surface area contributed by atoms with Crippen LogP contribution in [-0.4, -0.2) is 52.0 Å². The van der Waals surface area contributed by atoms with Crippen LogP contribution in [0.15, 0.2) is 17.4 Å². The average Bonchev–Trinajstić information content (AvgIpc) is 3.37. The number of ether oxygens (including phenoxy) is 1. The summed E-state index contributed by atoms with van der Waals surface area (Å²) in [5, 5.41) is 1.94. The quantitative estimate of drug-likeness (QED) is 0.618. The lowest BCUT2D eigenvalue weighted by atomic mass is 10.0. The molecule has 0 spiro atoms. The van der Waals surface area contributed by atoms with Gasteiger partial charge in [0.1, 0.15) is 5.52 Å². The SMILES string of the molecule is CSc1ncc2cc(C3CCOC3)nc(N3C4CCC3CC4)c2n1.O. The number of aromatic nitrogens is 3. The maximum Gasteiger partial charge on any atom is 0.187 e. The average molecular weight is 360 g/mol. The van der Waals surface area contributed by atoms with Gasteiger partial charge in [0.2, 0.25) is 0 Å². The molecule has 0 amide bonds. The van der Waals surface area contributed by atoms with E-state index in [1.54, 1.807) is 11.8 Å². The molecule has 7 heteroatoms. The lowest BCUT2D eigenvalue weighted by molar-refractivity contribution is 0.193. The lowest BCUT2D eigenvalue weighted by Crippen LogP contribution is -2.29. The van der Waals surface area contributed by atoms with Crippen LogP contribution in [0.1, 0.15) is 43.7 Å². The number of hydrogen-bond acceptors (Lipinski definition) is 6. The van der Waals surface area contributed by atoms with Gasteiger partial charge in [0.15, 0.2) is 11.0 Å². The lowest BCUT2D eigenvalue weighted by Gasteiger charge is -2.25. The van der Waals surface area contributed by atoms with E-state index >= 15 is 0 Å². The van der Waals surface area contributed by atoms with Crippen molar-refractivity contribution in [3.05, 3.63) is 18.0 Å². The number of pyridine rings is 1. The zero-order valence-electron chi connectivity index (χ0n) is 14.4. The second kappa shape index (κ2) is 6.70. The second-order valence-electron chi connectivity index (χ2n) is 7.10. The first kappa shape index (κ1) is 17.0. The molecule has 0 aliphatic carbocycles. The van der Waals surface area contributed by atoms with Crippen molar-refractivity contribution in [3.8, 4) is 0 Å². The Kier molecular flexibility index (Phi) is 4.56. The molecule has 2 bridgehead atoms. The van der Waals surface area contributed by atoms with Crippen molar-refractivity contribution in [2.45, 2.75) is 55.3 Å². The van der Waals surface area contributed by atoms with E-state index < -0.39 is 0 Å². The van der Waals surface area contributed by atoms with Gasteiger partial charge in [-0.25, -0.2) is 15.0 Å². The third-order valence-electron chi connectivity index (χ3n) is 5.77. The number of rotatable bonds is 3. The molecule has 3 aliphatic heterocycles. The molecule has 2 aromatic rings. The van der Waals surface area contributed by atoms with Gasteiger partial charge >= 0.3 is 0 Å². The standard InChI is InChI=1S/C18H22N4OS.H2O/c1-24-18-19-9-12-8-15(11-6-7-23-10-11)20-17(16(12)21-18)22-13-2-3-14(22)5-4-13;/h8-9,11,13-14H,2-7,10H2,1H3;1H2. The molecular weight excluding hydrogens is 336 g/mol. The molecule has 5 heterocycles. The highest BCUT2D eigenvalue weighted by atomic mass is 32.2. The Hall–Kier alpha value is -1.44. The molecule has 2 N–H and O–H groups in total. The summed E-state index contributed by atoms with van der Waals surface area (Å²) in [6, 6.07) is 3.47. The van der Waals surface area contributed by atoms with Crippen molar-refractivity contribution < 1.29 is 10.2 Å². The van der Waals surface area contributed by atoms with Crippen LogP contribution in [0.3, 0.4) is 0 Å². The molecule has 3 fully saturated rings. The first-order valence-electron chi connectivity index (χ1n) is 8.91. The predicted octanol–water partition coefficient (Wildman–Crippen LogP) is 2.56. The molecule has 5 rings (SSSR count). The van der Waals surface area contributed by atoms with E-state index in [0.29, 0.717) is 18.0 Å². The van der Waals surface area contributed by atoms with Crippen LogP contribution in [0, 0.1) is 0 Å². The Morgan fingerprint density at radius 2 is 1.88 bits per heavy atom. The predicted molar refractivity (Wildman–Crippen MR) is 99.4 cm³/mol. The van der Waals surface area contributed by atoms with Gasteiger partial charge in [-0.15, -0.1) is 0 Å². The molecule has 134 valence electrons. The molecule has 0 radical (unpaired) electrons. The van der Waals surface area contributed by atoms with Gasteiger partial charge in [-0.05, 0) is 44.4 Å². The Labute approximate surface area is 151 Å². The molecule has 0 aromatic carbocycles. The molecule has 6 nitrogen and oxygen atoms in total. The van der Waals surface area contributed by atoms with Crippen LogP contribution in [0.2, 0.25) is 0 Å². The zero-order valence-corrected chi connectivity index (χ0v) is 15.3. The van der Waals surface area contributed by atoms with Crippen molar-refractivity contribution in [2.24, 2.45) is 0 Å². The van der Waals surface area contributed by atoms with Crippen molar-refractivity contribution >= 4 is 28.5 Å². The number of hydrogen-bond donors (Lipinski definition) is 0. The van der Waals surface area contributed by atoms with Gasteiger partial charge in [-0.1, -0.05) is 11.8 Å². The minimum atomic E-state index is 0. The third kappa shape index (κ3) is 2.78. The molecule has 1 unspecified atom stereocenters. The highest BCUT2D eigenvalue weighted by Crippen LogP contribution is 2.43. The van der Waals surface area contributed by atoms with Crippen molar-refractivity contribution in [1.29, 1.82) is 0 Å². The largest absolute Gasteiger partial charge is 0.412 e. The summed E-state index contributed by atoms with van der Waals surface area (Å²) in [6.07, 6.45) is 10.2. The van der Waals surface area contributed by atoms with E-state index in [1.807, 2.05) is 12.5 Å². The monoisotopic (exact) mass is 360 g/mol. The number of thioether (sulfide) groups is 1. The van der Waals surface area contributed by atoms with Gasteiger partial charge in [0.05, 0.1) is 6.61 Å². The maximum absolute atomic E-state index is 5.59. The molecule has 3 aliphatic rings. The summed E-state index contributed by atoms with van der Waals surface area (Å²) in [6.45, 7) is 1.63. The topological polar surface area (TPSA) is 82.6 Å². The minimum Gasteiger partial charge on any atom is -0.412 e. The van der Waals surface area contributed by atoms with E-state index in [9.17, 15) is 0 Å². The normalized spacial score (nSPS) is 27.9. The van der Waals surface area contributed by atoms with Crippen LogP contribution < -0.4 is 4.90 Å². The van der Waals surface area contributed by atoms with Crippen LogP contribution in [-0.2, 0) is 4.74 Å². The highest BCUT2D eigenvalue weighted by molar-refractivity contribution is 7.98. The van der Waals surface area contributed by atoms with E-state index in [2.05, 4.69) is 16.0 Å². The first-order chi connectivity index (χ1) is 11.8. The summed E-state index contributed by atoms with van der Waals surface area (Å²) >= 11 is 1.59. The van der Waals surface area contributed by atoms with Crippen LogP contribution in [0.5, 0.6) is 0 Å².